The Bertz CT molecular complexity index is 897. The van der Waals surface area contributed by atoms with Crippen molar-refractivity contribution in [3.05, 3.63) is 48.0 Å². The summed E-state index contributed by atoms with van der Waals surface area (Å²) in [5.74, 6) is 2.07. The maximum absolute atomic E-state index is 12.5. The molecular formula is C22H24N2O5. The van der Waals surface area contributed by atoms with E-state index in [2.05, 4.69) is 5.32 Å². The van der Waals surface area contributed by atoms with Crippen molar-refractivity contribution in [1.82, 2.24) is 5.32 Å². The highest BCUT2D eigenvalue weighted by molar-refractivity contribution is 5.97. The molecule has 2 aromatic carbocycles. The van der Waals surface area contributed by atoms with Crippen molar-refractivity contribution in [2.45, 2.75) is 25.3 Å². The van der Waals surface area contributed by atoms with E-state index in [1.54, 1.807) is 12.0 Å². The van der Waals surface area contributed by atoms with Gasteiger partial charge in [-0.1, -0.05) is 12.1 Å². The number of benzene rings is 2. The summed E-state index contributed by atoms with van der Waals surface area (Å²) in [7, 11) is 1.62. The second-order valence-corrected chi connectivity index (χ2v) is 7.15. The van der Waals surface area contributed by atoms with E-state index in [1.165, 1.54) is 0 Å². The van der Waals surface area contributed by atoms with Gasteiger partial charge in [0, 0.05) is 31.1 Å². The molecule has 2 aliphatic heterocycles. The molecule has 0 saturated carbocycles. The topological polar surface area (TPSA) is 77.1 Å². The summed E-state index contributed by atoms with van der Waals surface area (Å²) < 4.78 is 16.3. The molecule has 2 aliphatic rings. The average molecular weight is 396 g/mol. The van der Waals surface area contributed by atoms with E-state index in [0.29, 0.717) is 50.5 Å². The van der Waals surface area contributed by atoms with Crippen LogP contribution >= 0.6 is 0 Å². The lowest BCUT2D eigenvalue weighted by Gasteiger charge is -2.22. The first-order chi connectivity index (χ1) is 14.1. The standard InChI is InChI=1S/C22H24N2O5/c1-27-18-6-2-15(3-7-18)4-9-21(25)23-16-12-22(26)24(14-16)17-5-8-19-20(13-17)29-11-10-28-19/h2-3,5-8,13,16H,4,9-12,14H2,1H3,(H,23,25)/t16-/m1/s1. The number of amides is 2. The predicted molar refractivity (Wildman–Crippen MR) is 108 cm³/mol. The van der Waals surface area contributed by atoms with Gasteiger partial charge in [0.05, 0.1) is 13.2 Å². The van der Waals surface area contributed by atoms with Crippen molar-refractivity contribution in [1.29, 1.82) is 0 Å². The summed E-state index contributed by atoms with van der Waals surface area (Å²) in [5, 5.41) is 2.98. The molecule has 0 radical (unpaired) electrons. The van der Waals surface area contributed by atoms with Gasteiger partial charge in [0.25, 0.3) is 0 Å². The first kappa shape index (κ1) is 19.1. The summed E-state index contributed by atoms with van der Waals surface area (Å²) in [4.78, 5) is 26.5. The van der Waals surface area contributed by atoms with E-state index >= 15 is 0 Å². The number of hydrogen-bond acceptors (Lipinski definition) is 5. The Balaban J connectivity index is 1.31. The second kappa shape index (κ2) is 8.43. The van der Waals surface area contributed by atoms with Gasteiger partial charge in [-0.2, -0.15) is 0 Å². The minimum atomic E-state index is -0.195. The van der Waals surface area contributed by atoms with E-state index in [0.717, 1.165) is 17.0 Å². The van der Waals surface area contributed by atoms with Crippen LogP contribution in [-0.2, 0) is 16.0 Å². The Morgan fingerprint density at radius 3 is 2.66 bits per heavy atom. The summed E-state index contributed by atoms with van der Waals surface area (Å²) in [5.41, 5.74) is 1.83. The number of carbonyl (C=O) groups is 2. The van der Waals surface area contributed by atoms with E-state index in [4.69, 9.17) is 14.2 Å². The Hall–Kier alpha value is -3.22. The maximum Gasteiger partial charge on any atom is 0.229 e. The molecule has 1 N–H and O–H groups in total. The summed E-state index contributed by atoms with van der Waals surface area (Å²) >= 11 is 0. The number of fused-ring (bicyclic) bond motifs is 1. The van der Waals surface area contributed by atoms with Crippen LogP contribution in [0, 0.1) is 0 Å². The van der Waals surface area contributed by atoms with Crippen molar-refractivity contribution < 1.29 is 23.8 Å². The maximum atomic E-state index is 12.5. The number of ether oxygens (including phenoxy) is 3. The van der Waals surface area contributed by atoms with Crippen LogP contribution in [0.25, 0.3) is 0 Å². The summed E-state index contributed by atoms with van der Waals surface area (Å²) in [6.45, 7) is 1.48. The van der Waals surface area contributed by atoms with Crippen molar-refractivity contribution in [3.63, 3.8) is 0 Å². The zero-order valence-corrected chi connectivity index (χ0v) is 16.3. The van der Waals surface area contributed by atoms with Gasteiger partial charge in [-0.05, 0) is 36.2 Å². The molecular weight excluding hydrogens is 372 g/mol. The third-order valence-electron chi connectivity index (χ3n) is 5.13. The van der Waals surface area contributed by atoms with E-state index < -0.39 is 0 Å². The van der Waals surface area contributed by atoms with Gasteiger partial charge in [0.15, 0.2) is 11.5 Å². The zero-order chi connectivity index (χ0) is 20.2. The summed E-state index contributed by atoms with van der Waals surface area (Å²) in [6.07, 6.45) is 1.31. The van der Waals surface area contributed by atoms with Crippen LogP contribution in [0.5, 0.6) is 17.2 Å². The Morgan fingerprint density at radius 1 is 1.14 bits per heavy atom. The number of methoxy groups -OCH3 is 1. The molecule has 152 valence electrons. The minimum absolute atomic E-state index is 0.0119. The first-order valence-electron chi connectivity index (χ1n) is 9.74. The smallest absolute Gasteiger partial charge is 0.229 e. The number of hydrogen-bond donors (Lipinski definition) is 1. The Morgan fingerprint density at radius 2 is 1.90 bits per heavy atom. The molecule has 0 bridgehead atoms. The second-order valence-electron chi connectivity index (χ2n) is 7.15. The zero-order valence-electron chi connectivity index (χ0n) is 16.3. The van der Waals surface area contributed by atoms with Crippen LogP contribution in [0.15, 0.2) is 42.5 Å². The van der Waals surface area contributed by atoms with E-state index in [1.807, 2.05) is 42.5 Å². The van der Waals surface area contributed by atoms with Crippen LogP contribution in [0.1, 0.15) is 18.4 Å². The van der Waals surface area contributed by atoms with Crippen LogP contribution in [0.2, 0.25) is 0 Å². The van der Waals surface area contributed by atoms with E-state index in [9.17, 15) is 9.59 Å². The minimum Gasteiger partial charge on any atom is -0.497 e. The number of anilines is 1. The molecule has 29 heavy (non-hydrogen) atoms. The number of carbonyl (C=O) groups excluding carboxylic acids is 2. The quantitative estimate of drug-likeness (QED) is 0.811. The molecule has 4 rings (SSSR count). The van der Waals surface area contributed by atoms with Gasteiger partial charge in [-0.25, -0.2) is 0 Å². The molecule has 1 atom stereocenters. The molecule has 0 aliphatic carbocycles. The number of nitrogens with one attached hydrogen (secondary N) is 1. The fourth-order valence-electron chi connectivity index (χ4n) is 3.60. The van der Waals surface area contributed by atoms with Crippen molar-refractivity contribution >= 4 is 17.5 Å². The van der Waals surface area contributed by atoms with Crippen LogP contribution < -0.4 is 24.4 Å². The highest BCUT2D eigenvalue weighted by Crippen LogP contribution is 2.35. The van der Waals surface area contributed by atoms with Crippen molar-refractivity contribution in [3.8, 4) is 17.2 Å². The van der Waals surface area contributed by atoms with Gasteiger partial charge in [-0.15, -0.1) is 0 Å². The van der Waals surface area contributed by atoms with Gasteiger partial charge in [-0.3, -0.25) is 9.59 Å². The van der Waals surface area contributed by atoms with Gasteiger partial charge < -0.3 is 24.4 Å². The normalized spacial score (nSPS) is 17.9. The molecule has 0 unspecified atom stereocenters. The third kappa shape index (κ3) is 4.45. The number of rotatable bonds is 6. The lowest BCUT2D eigenvalue weighted by molar-refractivity contribution is -0.121. The molecule has 1 fully saturated rings. The molecule has 2 aromatic rings. The lowest BCUT2D eigenvalue weighted by atomic mass is 10.1. The van der Waals surface area contributed by atoms with Crippen molar-refractivity contribution in [2.75, 3.05) is 31.8 Å². The Labute approximate surface area is 169 Å². The highest BCUT2D eigenvalue weighted by Gasteiger charge is 2.32. The number of nitrogens with zero attached hydrogens (tertiary/aromatic N) is 1. The van der Waals surface area contributed by atoms with Crippen LogP contribution in [0.4, 0.5) is 5.69 Å². The summed E-state index contributed by atoms with van der Waals surface area (Å²) in [6, 6.07) is 13.0. The van der Waals surface area contributed by atoms with E-state index in [-0.39, 0.29) is 17.9 Å². The molecule has 0 spiro atoms. The van der Waals surface area contributed by atoms with Gasteiger partial charge >= 0.3 is 0 Å². The Kier molecular flexibility index (Phi) is 5.55. The number of aryl methyl sites for hydroxylation is 1. The molecule has 7 heteroatoms. The average Bonchev–Trinajstić information content (AvgIpc) is 3.12. The largest absolute Gasteiger partial charge is 0.497 e. The molecule has 2 heterocycles. The fraction of sp³-hybridized carbons (Fsp3) is 0.364. The van der Waals surface area contributed by atoms with Gasteiger partial charge in [0.2, 0.25) is 11.8 Å². The van der Waals surface area contributed by atoms with Gasteiger partial charge in [0.1, 0.15) is 19.0 Å². The molecule has 0 aromatic heterocycles. The molecule has 7 nitrogen and oxygen atoms in total. The van der Waals surface area contributed by atoms with Crippen molar-refractivity contribution in [2.24, 2.45) is 0 Å². The highest BCUT2D eigenvalue weighted by atomic mass is 16.6. The monoisotopic (exact) mass is 396 g/mol. The molecule has 2 amide bonds. The molecule has 1 saturated heterocycles. The lowest BCUT2D eigenvalue weighted by Crippen LogP contribution is -2.37. The first-order valence-corrected chi connectivity index (χ1v) is 9.74. The SMILES string of the molecule is COc1ccc(CCC(=O)N[C@@H]2CC(=O)N(c3ccc4c(c3)OCCO4)C2)cc1. The predicted octanol–water partition coefficient (Wildman–Crippen LogP) is 2.32. The van der Waals surface area contributed by atoms with Crippen LogP contribution in [0.3, 0.4) is 0 Å². The van der Waals surface area contributed by atoms with Crippen LogP contribution in [-0.4, -0.2) is 44.7 Å². The third-order valence-corrected chi connectivity index (χ3v) is 5.13. The fourth-order valence-corrected chi connectivity index (χ4v) is 3.60.